The number of carbonyl (C=O) groups excluding carboxylic acids is 2. The molecule has 1 aromatic heterocycles. The largest absolute Gasteiger partial charge is 0.350 e. The van der Waals surface area contributed by atoms with Gasteiger partial charge in [0.25, 0.3) is 11.8 Å². The van der Waals surface area contributed by atoms with Gasteiger partial charge in [-0.1, -0.05) is 24.3 Å². The molecular weight excluding hydrogens is 380 g/mol. The molecule has 0 bridgehead atoms. The lowest BCUT2D eigenvalue weighted by atomic mass is 10.1. The second-order valence-corrected chi connectivity index (χ2v) is 8.26. The maximum Gasteiger partial charge on any atom is 0.282 e. The molecule has 3 aromatic rings. The molecule has 1 N–H and O–H groups in total. The van der Waals surface area contributed by atoms with E-state index in [1.54, 1.807) is 0 Å². The van der Waals surface area contributed by atoms with Gasteiger partial charge < -0.3 is 5.32 Å². The fraction of sp³-hybridized carbons (Fsp3) is 0.167. The van der Waals surface area contributed by atoms with Crippen LogP contribution in [0.5, 0.6) is 0 Å². The molecule has 1 aliphatic rings. The van der Waals surface area contributed by atoms with Crippen molar-refractivity contribution in [1.29, 1.82) is 0 Å². The second-order valence-electron chi connectivity index (χ2n) is 7.32. The number of thiophene rings is 1. The summed E-state index contributed by atoms with van der Waals surface area (Å²) in [5.74, 6) is -0.622. The highest BCUT2D eigenvalue weighted by Gasteiger charge is 2.41. The highest BCUT2D eigenvalue weighted by molar-refractivity contribution is 7.11. The summed E-state index contributed by atoms with van der Waals surface area (Å²) < 4.78 is 0. The third-order valence-corrected chi connectivity index (χ3v) is 6.33. The molecule has 2 aromatic carbocycles. The molecule has 0 fully saturated rings. The molecular formula is C24H22N2O2S. The quantitative estimate of drug-likeness (QED) is 0.596. The molecule has 4 nitrogen and oxygen atoms in total. The van der Waals surface area contributed by atoms with E-state index in [1.807, 2.05) is 81.6 Å². The lowest BCUT2D eigenvalue weighted by molar-refractivity contribution is -0.120. The average molecular weight is 403 g/mol. The molecule has 0 unspecified atom stereocenters. The first-order chi connectivity index (χ1) is 13.9. The molecule has 5 heteroatoms. The minimum absolute atomic E-state index is 0.294. The van der Waals surface area contributed by atoms with Crippen LogP contribution >= 0.6 is 11.3 Å². The summed E-state index contributed by atoms with van der Waals surface area (Å²) in [5, 5.41) is 5.15. The molecule has 0 radical (unpaired) electrons. The van der Waals surface area contributed by atoms with E-state index in [0.29, 0.717) is 17.0 Å². The number of hydrogen-bond donors (Lipinski definition) is 1. The van der Waals surface area contributed by atoms with Gasteiger partial charge in [0, 0.05) is 10.6 Å². The van der Waals surface area contributed by atoms with Crippen molar-refractivity contribution < 1.29 is 9.59 Å². The molecule has 2 heterocycles. The molecule has 4 rings (SSSR count). The Bertz CT molecular complexity index is 1160. The van der Waals surface area contributed by atoms with E-state index >= 15 is 0 Å². The highest BCUT2D eigenvalue weighted by atomic mass is 32.1. The maximum atomic E-state index is 13.4. The number of nitrogens with one attached hydrogen (secondary N) is 1. The number of imide groups is 1. The van der Waals surface area contributed by atoms with Gasteiger partial charge in [0.15, 0.2) is 0 Å². The highest BCUT2D eigenvalue weighted by Crippen LogP contribution is 2.37. The number of rotatable bonds is 4. The summed E-state index contributed by atoms with van der Waals surface area (Å²) in [6.45, 7) is 7.98. The van der Waals surface area contributed by atoms with Gasteiger partial charge in [-0.2, -0.15) is 0 Å². The fourth-order valence-corrected chi connectivity index (χ4v) is 4.22. The van der Waals surface area contributed by atoms with E-state index in [-0.39, 0.29) is 11.8 Å². The predicted octanol–water partition coefficient (Wildman–Crippen LogP) is 5.38. The third-order valence-electron chi connectivity index (χ3n) is 5.44. The van der Waals surface area contributed by atoms with Crippen molar-refractivity contribution >= 4 is 40.1 Å². The number of nitrogens with zero attached hydrogens (tertiary/aromatic N) is 1. The minimum Gasteiger partial charge on any atom is -0.350 e. The van der Waals surface area contributed by atoms with Gasteiger partial charge in [0.05, 0.1) is 11.3 Å². The van der Waals surface area contributed by atoms with E-state index in [2.05, 4.69) is 5.32 Å². The SMILES string of the molecule is Cc1ccc(NC2=C(c3cccs3)C(=O)N(c3cccc(C)c3C)C2=O)cc1C. The van der Waals surface area contributed by atoms with Gasteiger partial charge in [-0.3, -0.25) is 9.59 Å². The predicted molar refractivity (Wildman–Crippen MR) is 119 cm³/mol. The van der Waals surface area contributed by atoms with Crippen LogP contribution in [0.15, 0.2) is 59.6 Å². The van der Waals surface area contributed by atoms with Gasteiger partial charge in [-0.05, 0) is 79.6 Å². The number of amides is 2. The van der Waals surface area contributed by atoms with Crippen LogP contribution in [0.3, 0.4) is 0 Å². The van der Waals surface area contributed by atoms with Crippen LogP contribution in [0.4, 0.5) is 11.4 Å². The summed E-state index contributed by atoms with van der Waals surface area (Å²) in [5.41, 5.74) is 6.42. The molecule has 2 amide bonds. The number of benzene rings is 2. The molecule has 0 spiro atoms. The minimum atomic E-state index is -0.328. The maximum absolute atomic E-state index is 13.4. The monoisotopic (exact) mass is 402 g/mol. The van der Waals surface area contributed by atoms with E-state index in [4.69, 9.17) is 0 Å². The van der Waals surface area contributed by atoms with Crippen molar-refractivity contribution in [2.45, 2.75) is 27.7 Å². The van der Waals surface area contributed by atoms with Crippen LogP contribution in [0.25, 0.3) is 5.57 Å². The average Bonchev–Trinajstić information content (AvgIpc) is 3.28. The Kier molecular flexibility index (Phi) is 4.84. The number of carbonyl (C=O) groups is 2. The summed E-state index contributed by atoms with van der Waals surface area (Å²) >= 11 is 1.45. The molecule has 0 saturated carbocycles. The lowest BCUT2D eigenvalue weighted by Crippen LogP contribution is -2.33. The van der Waals surface area contributed by atoms with E-state index in [1.165, 1.54) is 21.8 Å². The Morgan fingerprint density at radius 2 is 1.62 bits per heavy atom. The summed E-state index contributed by atoms with van der Waals surface area (Å²) in [7, 11) is 0. The summed E-state index contributed by atoms with van der Waals surface area (Å²) in [6, 6.07) is 15.4. The van der Waals surface area contributed by atoms with Crippen LogP contribution in [0.1, 0.15) is 27.1 Å². The zero-order valence-corrected chi connectivity index (χ0v) is 17.7. The van der Waals surface area contributed by atoms with Crippen LogP contribution in [0, 0.1) is 27.7 Å². The molecule has 0 atom stereocenters. The van der Waals surface area contributed by atoms with Crippen LogP contribution in [-0.4, -0.2) is 11.8 Å². The molecule has 0 aliphatic carbocycles. The van der Waals surface area contributed by atoms with Crippen molar-refractivity contribution in [2.75, 3.05) is 10.2 Å². The van der Waals surface area contributed by atoms with E-state index < -0.39 is 0 Å². The standard InChI is InChI=1S/C24H22N2O2S/c1-14-10-11-18(13-16(14)3)25-22-21(20-9-6-12-29-20)23(27)26(24(22)28)19-8-5-7-15(2)17(19)4/h5-13,25H,1-4H3. The fourth-order valence-electron chi connectivity index (χ4n) is 3.46. The molecule has 0 saturated heterocycles. The summed E-state index contributed by atoms with van der Waals surface area (Å²) in [6.07, 6.45) is 0. The Balaban J connectivity index is 1.83. The van der Waals surface area contributed by atoms with Crippen molar-refractivity contribution in [2.24, 2.45) is 0 Å². The van der Waals surface area contributed by atoms with Crippen LogP contribution < -0.4 is 10.2 Å². The van der Waals surface area contributed by atoms with Crippen LogP contribution in [0.2, 0.25) is 0 Å². The number of anilines is 2. The normalized spacial score (nSPS) is 14.1. The molecule has 1 aliphatic heterocycles. The van der Waals surface area contributed by atoms with E-state index in [0.717, 1.165) is 27.3 Å². The topological polar surface area (TPSA) is 49.4 Å². The number of aryl methyl sites for hydroxylation is 3. The first-order valence-corrected chi connectivity index (χ1v) is 10.3. The first-order valence-electron chi connectivity index (χ1n) is 9.46. The first kappa shape index (κ1) is 19.2. The third kappa shape index (κ3) is 3.28. The molecule has 29 heavy (non-hydrogen) atoms. The summed E-state index contributed by atoms with van der Waals surface area (Å²) in [4.78, 5) is 28.9. The smallest absolute Gasteiger partial charge is 0.282 e. The van der Waals surface area contributed by atoms with Gasteiger partial charge in [0.1, 0.15) is 5.70 Å². The Labute approximate surface area is 174 Å². The van der Waals surface area contributed by atoms with Crippen molar-refractivity contribution in [3.8, 4) is 0 Å². The van der Waals surface area contributed by atoms with Crippen LogP contribution in [-0.2, 0) is 9.59 Å². The van der Waals surface area contributed by atoms with E-state index in [9.17, 15) is 9.59 Å². The Morgan fingerprint density at radius 1 is 0.828 bits per heavy atom. The van der Waals surface area contributed by atoms with Crippen molar-refractivity contribution in [3.05, 3.63) is 86.7 Å². The van der Waals surface area contributed by atoms with Gasteiger partial charge in [0.2, 0.25) is 0 Å². The van der Waals surface area contributed by atoms with Gasteiger partial charge in [-0.25, -0.2) is 4.90 Å². The Morgan fingerprint density at radius 3 is 2.31 bits per heavy atom. The van der Waals surface area contributed by atoms with Crippen molar-refractivity contribution in [1.82, 2.24) is 0 Å². The molecule has 146 valence electrons. The zero-order chi connectivity index (χ0) is 20.7. The lowest BCUT2D eigenvalue weighted by Gasteiger charge is -2.19. The van der Waals surface area contributed by atoms with Gasteiger partial charge in [-0.15, -0.1) is 11.3 Å². The Hall–Kier alpha value is -3.18. The van der Waals surface area contributed by atoms with Crippen molar-refractivity contribution in [3.63, 3.8) is 0 Å². The number of hydrogen-bond acceptors (Lipinski definition) is 4. The second kappa shape index (κ2) is 7.33. The van der Waals surface area contributed by atoms with Gasteiger partial charge >= 0.3 is 0 Å². The zero-order valence-electron chi connectivity index (χ0n) is 16.9.